The highest BCUT2D eigenvalue weighted by Gasteiger charge is 2.34. The second kappa shape index (κ2) is 4.88. The summed E-state index contributed by atoms with van der Waals surface area (Å²) in [6.45, 7) is 0. The first-order valence-electron chi connectivity index (χ1n) is 4.77. The monoisotopic (exact) mass is 267 g/mol. The summed E-state index contributed by atoms with van der Waals surface area (Å²) < 4.78 is 73.0. The molecule has 1 aromatic rings. The Hall–Kier alpha value is -1.71. The van der Waals surface area contributed by atoms with Crippen molar-refractivity contribution in [1.29, 1.82) is 5.26 Å². The highest BCUT2D eigenvalue weighted by molar-refractivity contribution is 5.30. The summed E-state index contributed by atoms with van der Waals surface area (Å²) in [7, 11) is 0. The van der Waals surface area contributed by atoms with E-state index in [1.165, 1.54) is 6.07 Å². The van der Waals surface area contributed by atoms with Crippen LogP contribution in [0.1, 0.15) is 23.5 Å². The van der Waals surface area contributed by atoms with E-state index in [-0.39, 0.29) is 5.56 Å². The molecule has 0 N–H and O–H groups in total. The summed E-state index contributed by atoms with van der Waals surface area (Å²) in [5.74, 6) is -1.49. The zero-order chi connectivity index (χ0) is 14.0. The Kier molecular flexibility index (Phi) is 3.89. The standard InChI is InChI=1S/C11H7F6N/c12-10(13,14)5-8(6-18)7-1-3-9(4-2-7)11(15,16)17/h1-4,8H,5H2. The first-order valence-corrected chi connectivity index (χ1v) is 4.77. The summed E-state index contributed by atoms with van der Waals surface area (Å²) >= 11 is 0. The normalized spacial score (nSPS) is 14.1. The van der Waals surface area contributed by atoms with Crippen molar-refractivity contribution in [2.45, 2.75) is 24.7 Å². The van der Waals surface area contributed by atoms with Gasteiger partial charge in [0.15, 0.2) is 0 Å². The highest BCUT2D eigenvalue weighted by atomic mass is 19.4. The molecule has 1 atom stereocenters. The molecule has 18 heavy (non-hydrogen) atoms. The third-order valence-electron chi connectivity index (χ3n) is 2.23. The third kappa shape index (κ3) is 3.95. The molecule has 0 saturated heterocycles. The topological polar surface area (TPSA) is 23.8 Å². The minimum atomic E-state index is -4.55. The summed E-state index contributed by atoms with van der Waals surface area (Å²) in [5.41, 5.74) is -1.04. The Morgan fingerprint density at radius 3 is 1.83 bits per heavy atom. The van der Waals surface area contributed by atoms with Gasteiger partial charge in [0.1, 0.15) is 0 Å². The fraction of sp³-hybridized carbons (Fsp3) is 0.364. The molecule has 0 fully saturated rings. The molecule has 0 heterocycles. The molecule has 0 aromatic heterocycles. The number of rotatable bonds is 2. The Bertz CT molecular complexity index is 437. The van der Waals surface area contributed by atoms with Gasteiger partial charge in [-0.25, -0.2) is 0 Å². The molecule has 0 aliphatic heterocycles. The fourth-order valence-electron chi connectivity index (χ4n) is 1.37. The Balaban J connectivity index is 2.94. The molecule has 0 aliphatic rings. The molecule has 0 radical (unpaired) electrons. The first-order chi connectivity index (χ1) is 8.13. The predicted molar refractivity (Wildman–Crippen MR) is 50.5 cm³/mol. The van der Waals surface area contributed by atoms with Crippen molar-refractivity contribution in [2.24, 2.45) is 0 Å². The van der Waals surface area contributed by atoms with Crippen LogP contribution < -0.4 is 0 Å². The van der Waals surface area contributed by atoms with Crippen molar-refractivity contribution in [3.63, 3.8) is 0 Å². The van der Waals surface area contributed by atoms with E-state index in [0.717, 1.165) is 12.1 Å². The lowest BCUT2D eigenvalue weighted by molar-refractivity contribution is -0.138. The lowest BCUT2D eigenvalue weighted by Gasteiger charge is -2.13. The van der Waals surface area contributed by atoms with E-state index in [0.29, 0.717) is 12.1 Å². The van der Waals surface area contributed by atoms with Crippen LogP contribution in [0.5, 0.6) is 0 Å². The molecule has 0 bridgehead atoms. The van der Waals surface area contributed by atoms with Gasteiger partial charge in [0.25, 0.3) is 0 Å². The Morgan fingerprint density at radius 1 is 1.00 bits per heavy atom. The van der Waals surface area contributed by atoms with Crippen molar-refractivity contribution < 1.29 is 26.3 Å². The second-order valence-corrected chi connectivity index (χ2v) is 3.62. The van der Waals surface area contributed by atoms with Gasteiger partial charge in [-0.15, -0.1) is 0 Å². The van der Waals surface area contributed by atoms with Crippen LogP contribution in [0.25, 0.3) is 0 Å². The lowest BCUT2D eigenvalue weighted by atomic mass is 9.96. The van der Waals surface area contributed by atoms with Crippen molar-refractivity contribution in [2.75, 3.05) is 0 Å². The lowest BCUT2D eigenvalue weighted by Crippen LogP contribution is -2.13. The fourth-order valence-corrected chi connectivity index (χ4v) is 1.37. The number of alkyl halides is 6. The van der Waals surface area contributed by atoms with E-state index >= 15 is 0 Å². The van der Waals surface area contributed by atoms with E-state index in [9.17, 15) is 26.3 Å². The zero-order valence-electron chi connectivity index (χ0n) is 8.81. The molecule has 0 aliphatic carbocycles. The average Bonchev–Trinajstić information content (AvgIpc) is 2.24. The molecule has 1 unspecified atom stereocenters. The van der Waals surface area contributed by atoms with Gasteiger partial charge in [-0.2, -0.15) is 31.6 Å². The van der Waals surface area contributed by atoms with Crippen LogP contribution in [0.3, 0.4) is 0 Å². The van der Waals surface area contributed by atoms with Crippen LogP contribution in [-0.4, -0.2) is 6.18 Å². The van der Waals surface area contributed by atoms with Crippen LogP contribution in [0.2, 0.25) is 0 Å². The molecule has 1 aromatic carbocycles. The molecule has 0 saturated carbocycles. The minimum absolute atomic E-state index is 0.0807. The number of halogens is 6. The van der Waals surface area contributed by atoms with Gasteiger partial charge in [-0.3, -0.25) is 0 Å². The Morgan fingerprint density at radius 2 is 1.50 bits per heavy atom. The number of benzene rings is 1. The highest BCUT2D eigenvalue weighted by Crippen LogP contribution is 2.33. The van der Waals surface area contributed by atoms with Gasteiger partial charge < -0.3 is 0 Å². The maximum atomic E-state index is 12.2. The number of nitriles is 1. The summed E-state index contributed by atoms with van der Waals surface area (Å²) in [4.78, 5) is 0. The third-order valence-corrected chi connectivity index (χ3v) is 2.23. The first kappa shape index (κ1) is 14.4. The molecular formula is C11H7F6N. The van der Waals surface area contributed by atoms with Gasteiger partial charge in [0, 0.05) is 0 Å². The Labute approximate surface area is 98.6 Å². The van der Waals surface area contributed by atoms with Gasteiger partial charge >= 0.3 is 12.4 Å². The summed E-state index contributed by atoms with van der Waals surface area (Å²) in [5, 5.41) is 8.60. The predicted octanol–water partition coefficient (Wildman–Crippen LogP) is 4.26. The second-order valence-electron chi connectivity index (χ2n) is 3.62. The SMILES string of the molecule is N#CC(CC(F)(F)F)c1ccc(C(F)(F)F)cc1. The van der Waals surface area contributed by atoms with E-state index in [2.05, 4.69) is 0 Å². The van der Waals surface area contributed by atoms with Gasteiger partial charge in [-0.1, -0.05) is 12.1 Å². The maximum absolute atomic E-state index is 12.2. The number of hydrogen-bond donors (Lipinski definition) is 0. The number of nitrogens with zero attached hydrogens (tertiary/aromatic N) is 1. The van der Waals surface area contributed by atoms with Gasteiger partial charge in [-0.05, 0) is 17.7 Å². The van der Waals surface area contributed by atoms with Crippen LogP contribution in [0, 0.1) is 11.3 Å². The maximum Gasteiger partial charge on any atom is 0.416 e. The van der Waals surface area contributed by atoms with Crippen LogP contribution in [0.15, 0.2) is 24.3 Å². The molecule has 1 rings (SSSR count). The molecular weight excluding hydrogens is 260 g/mol. The van der Waals surface area contributed by atoms with Crippen LogP contribution >= 0.6 is 0 Å². The smallest absolute Gasteiger partial charge is 0.198 e. The largest absolute Gasteiger partial charge is 0.416 e. The molecule has 1 nitrogen and oxygen atoms in total. The molecule has 98 valence electrons. The zero-order valence-corrected chi connectivity index (χ0v) is 8.81. The van der Waals surface area contributed by atoms with Crippen molar-refractivity contribution >= 4 is 0 Å². The van der Waals surface area contributed by atoms with E-state index in [4.69, 9.17) is 5.26 Å². The van der Waals surface area contributed by atoms with Crippen molar-refractivity contribution in [3.8, 4) is 6.07 Å². The van der Waals surface area contributed by atoms with Crippen molar-refractivity contribution in [1.82, 2.24) is 0 Å². The molecule has 0 amide bonds. The van der Waals surface area contributed by atoms with Gasteiger partial charge in [0.2, 0.25) is 0 Å². The molecule has 0 spiro atoms. The van der Waals surface area contributed by atoms with E-state index in [1.807, 2.05) is 0 Å². The van der Waals surface area contributed by atoms with E-state index < -0.39 is 30.3 Å². The quantitative estimate of drug-likeness (QED) is 0.734. The summed E-state index contributed by atoms with van der Waals surface area (Å²) in [6, 6.07) is 4.54. The van der Waals surface area contributed by atoms with Gasteiger partial charge in [0.05, 0.1) is 24.0 Å². The van der Waals surface area contributed by atoms with Crippen molar-refractivity contribution in [3.05, 3.63) is 35.4 Å². The van der Waals surface area contributed by atoms with Crippen LogP contribution in [-0.2, 0) is 6.18 Å². The van der Waals surface area contributed by atoms with Crippen LogP contribution in [0.4, 0.5) is 26.3 Å². The van der Waals surface area contributed by atoms with E-state index in [1.54, 1.807) is 0 Å². The number of hydrogen-bond acceptors (Lipinski definition) is 1. The minimum Gasteiger partial charge on any atom is -0.198 e. The molecule has 7 heteroatoms. The average molecular weight is 267 g/mol. The summed E-state index contributed by atoms with van der Waals surface area (Å²) in [6.07, 6.45) is -10.5.